The van der Waals surface area contributed by atoms with Crippen molar-refractivity contribution < 1.29 is 13.2 Å². The molecular weight excluding hydrogens is 335 g/mol. The average Bonchev–Trinajstić information content (AvgIpc) is 2.52. The van der Waals surface area contributed by atoms with E-state index in [9.17, 15) is 13.2 Å². The number of rotatable bonds is 4. The van der Waals surface area contributed by atoms with Crippen molar-refractivity contribution in [2.45, 2.75) is 33.0 Å². The summed E-state index contributed by atoms with van der Waals surface area (Å²) in [5.41, 5.74) is 0.139. The topological polar surface area (TPSA) is 3.24 Å². The van der Waals surface area contributed by atoms with Crippen LogP contribution in [0.3, 0.4) is 0 Å². The molecule has 0 aliphatic carbocycles. The average molecular weight is 359 g/mol. The van der Waals surface area contributed by atoms with Crippen LogP contribution in [-0.2, 0) is 0 Å². The van der Waals surface area contributed by atoms with Crippen molar-refractivity contribution >= 4 is 10.8 Å². The molecule has 2 aromatic rings. The third-order valence-corrected chi connectivity index (χ3v) is 3.91. The molecule has 0 heterocycles. The monoisotopic (exact) mass is 359 g/mol. The molecular formula is C22H24F3N. The molecule has 0 spiro atoms. The summed E-state index contributed by atoms with van der Waals surface area (Å²) < 4.78 is 41.5. The van der Waals surface area contributed by atoms with Crippen LogP contribution in [0.2, 0.25) is 0 Å². The molecule has 0 saturated carbocycles. The van der Waals surface area contributed by atoms with Gasteiger partial charge in [0.05, 0.1) is 0 Å². The maximum absolute atomic E-state index is 13.8. The van der Waals surface area contributed by atoms with E-state index in [2.05, 4.69) is 11.8 Å². The number of hydrogen-bond acceptors (Lipinski definition) is 1. The minimum atomic E-state index is -4.37. The van der Waals surface area contributed by atoms with Gasteiger partial charge in [0.1, 0.15) is 6.04 Å². The number of likely N-dealkylation sites (N-methyl/N-ethyl adjacent to an activating group) is 1. The van der Waals surface area contributed by atoms with Crippen molar-refractivity contribution in [3.63, 3.8) is 0 Å². The molecule has 0 unspecified atom stereocenters. The smallest absolute Gasteiger partial charge is 0.288 e. The van der Waals surface area contributed by atoms with E-state index in [1.54, 1.807) is 36.4 Å². The van der Waals surface area contributed by atoms with Crippen LogP contribution in [0.4, 0.5) is 13.2 Å². The first-order chi connectivity index (χ1) is 12.1. The van der Waals surface area contributed by atoms with Crippen LogP contribution in [0.15, 0.2) is 54.6 Å². The summed E-state index contributed by atoms with van der Waals surface area (Å²) in [7, 11) is 1.49. The Hall–Kier alpha value is -2.25. The number of nitrogens with zero attached hydrogens (tertiary/aromatic N) is 1. The van der Waals surface area contributed by atoms with E-state index < -0.39 is 12.2 Å². The Balaban J connectivity index is 2.30. The van der Waals surface area contributed by atoms with Gasteiger partial charge in [-0.2, -0.15) is 13.2 Å². The zero-order valence-electron chi connectivity index (χ0n) is 15.6. The summed E-state index contributed by atoms with van der Waals surface area (Å²) in [5, 5.41) is 1.43. The summed E-state index contributed by atoms with van der Waals surface area (Å²) in [5.74, 6) is 5.92. The molecule has 0 aliphatic heterocycles. The molecule has 0 radical (unpaired) electrons. The van der Waals surface area contributed by atoms with Gasteiger partial charge in [-0.05, 0) is 50.2 Å². The van der Waals surface area contributed by atoms with Crippen molar-refractivity contribution in [2.24, 2.45) is 5.41 Å². The molecule has 0 aliphatic rings. The quantitative estimate of drug-likeness (QED) is 0.607. The standard InChI is InChI=1S/C22H24F3N/c1-21(2,3)15-8-5-9-16-26(4)20(22(23,24)25)19-14-10-12-17-11-6-7-13-18(17)19/h5-7,9-14,20H,16H2,1-4H3/b9-5+/t20-/m0/s1. The normalized spacial score (nSPS) is 13.8. The summed E-state index contributed by atoms with van der Waals surface area (Å²) in [6.45, 7) is 6.12. The number of alkyl halides is 3. The fourth-order valence-corrected chi connectivity index (χ4v) is 2.79. The highest BCUT2D eigenvalue weighted by Crippen LogP contribution is 2.39. The first-order valence-corrected chi connectivity index (χ1v) is 8.52. The Morgan fingerprint density at radius 3 is 2.35 bits per heavy atom. The number of hydrogen-bond donors (Lipinski definition) is 0. The molecule has 1 nitrogen and oxygen atoms in total. The predicted molar refractivity (Wildman–Crippen MR) is 102 cm³/mol. The van der Waals surface area contributed by atoms with Crippen LogP contribution < -0.4 is 0 Å². The largest absolute Gasteiger partial charge is 0.408 e. The van der Waals surface area contributed by atoms with Crippen molar-refractivity contribution in [1.29, 1.82) is 0 Å². The lowest BCUT2D eigenvalue weighted by atomic mass is 9.97. The van der Waals surface area contributed by atoms with E-state index in [-0.39, 0.29) is 17.5 Å². The minimum Gasteiger partial charge on any atom is -0.288 e. The van der Waals surface area contributed by atoms with E-state index in [1.165, 1.54) is 11.9 Å². The number of benzene rings is 2. The second-order valence-electron chi connectivity index (χ2n) is 7.37. The fourth-order valence-electron chi connectivity index (χ4n) is 2.79. The number of halogens is 3. The molecule has 4 heteroatoms. The van der Waals surface area contributed by atoms with Gasteiger partial charge in [-0.15, -0.1) is 0 Å². The van der Waals surface area contributed by atoms with Crippen molar-refractivity contribution in [3.05, 3.63) is 60.2 Å². The van der Waals surface area contributed by atoms with Crippen LogP contribution in [-0.4, -0.2) is 24.7 Å². The van der Waals surface area contributed by atoms with Gasteiger partial charge in [-0.1, -0.05) is 60.4 Å². The number of allylic oxidation sites excluding steroid dienone is 1. The molecule has 0 amide bonds. The van der Waals surface area contributed by atoms with Crippen molar-refractivity contribution in [2.75, 3.05) is 13.6 Å². The molecule has 138 valence electrons. The third-order valence-electron chi connectivity index (χ3n) is 3.91. The van der Waals surface area contributed by atoms with E-state index in [4.69, 9.17) is 0 Å². The highest BCUT2D eigenvalue weighted by Gasteiger charge is 2.43. The van der Waals surface area contributed by atoms with Crippen LogP contribution in [0, 0.1) is 17.3 Å². The van der Waals surface area contributed by atoms with Gasteiger partial charge in [0, 0.05) is 12.0 Å². The fraction of sp³-hybridized carbons (Fsp3) is 0.364. The first kappa shape index (κ1) is 20.1. The Labute approximate surface area is 153 Å². The van der Waals surface area contributed by atoms with Crippen molar-refractivity contribution in [3.8, 4) is 11.8 Å². The molecule has 0 fully saturated rings. The lowest BCUT2D eigenvalue weighted by Gasteiger charge is -2.30. The third kappa shape index (κ3) is 5.37. The van der Waals surface area contributed by atoms with E-state index >= 15 is 0 Å². The van der Waals surface area contributed by atoms with Gasteiger partial charge in [-0.25, -0.2) is 0 Å². The van der Waals surface area contributed by atoms with E-state index in [1.807, 2.05) is 39.0 Å². The Morgan fingerprint density at radius 2 is 1.69 bits per heavy atom. The lowest BCUT2D eigenvalue weighted by Crippen LogP contribution is -2.36. The molecule has 0 saturated heterocycles. The van der Waals surface area contributed by atoms with Crippen LogP contribution in [0.1, 0.15) is 32.4 Å². The van der Waals surface area contributed by atoms with E-state index in [0.717, 1.165) is 5.39 Å². The van der Waals surface area contributed by atoms with Gasteiger partial charge < -0.3 is 0 Å². The highest BCUT2D eigenvalue weighted by atomic mass is 19.4. The molecule has 0 bridgehead atoms. The molecule has 2 rings (SSSR count). The Kier molecular flexibility index (Phi) is 6.15. The van der Waals surface area contributed by atoms with Crippen LogP contribution >= 0.6 is 0 Å². The van der Waals surface area contributed by atoms with Gasteiger partial charge in [0.25, 0.3) is 0 Å². The van der Waals surface area contributed by atoms with Gasteiger partial charge in [0.15, 0.2) is 0 Å². The zero-order valence-corrected chi connectivity index (χ0v) is 15.6. The highest BCUT2D eigenvalue weighted by molar-refractivity contribution is 5.86. The minimum absolute atomic E-state index is 0.131. The predicted octanol–water partition coefficient (Wildman–Crippen LogP) is 5.98. The molecule has 1 atom stereocenters. The summed E-state index contributed by atoms with van der Waals surface area (Å²) >= 11 is 0. The molecule has 26 heavy (non-hydrogen) atoms. The van der Waals surface area contributed by atoms with Gasteiger partial charge >= 0.3 is 6.18 Å². The zero-order chi connectivity index (χ0) is 19.4. The van der Waals surface area contributed by atoms with Crippen LogP contribution in [0.25, 0.3) is 10.8 Å². The maximum Gasteiger partial charge on any atom is 0.408 e. The molecule has 2 aromatic carbocycles. The van der Waals surface area contributed by atoms with Crippen molar-refractivity contribution in [1.82, 2.24) is 4.90 Å². The Bertz CT molecular complexity index is 827. The summed E-state index contributed by atoms with van der Waals surface area (Å²) in [6.07, 6.45) is -1.08. The number of fused-ring (bicyclic) bond motifs is 1. The Morgan fingerprint density at radius 1 is 1.04 bits per heavy atom. The molecule has 0 aromatic heterocycles. The first-order valence-electron chi connectivity index (χ1n) is 8.52. The lowest BCUT2D eigenvalue weighted by molar-refractivity contribution is -0.181. The SMILES string of the molecule is CN(C/C=C/C#CC(C)(C)C)[C@@H](c1cccc2ccccc12)C(F)(F)F. The second-order valence-corrected chi connectivity index (χ2v) is 7.37. The summed E-state index contributed by atoms with van der Waals surface area (Å²) in [4.78, 5) is 1.30. The molecule has 0 N–H and O–H groups in total. The van der Waals surface area contributed by atoms with E-state index in [0.29, 0.717) is 5.39 Å². The summed E-state index contributed by atoms with van der Waals surface area (Å²) in [6, 6.07) is 10.5. The van der Waals surface area contributed by atoms with Gasteiger partial charge in [-0.3, -0.25) is 4.90 Å². The van der Waals surface area contributed by atoms with Gasteiger partial charge in [0.2, 0.25) is 0 Å². The second kappa shape index (κ2) is 7.97. The maximum atomic E-state index is 13.8. The van der Waals surface area contributed by atoms with Crippen LogP contribution in [0.5, 0.6) is 0 Å².